The molecule has 0 radical (unpaired) electrons. The molecule has 0 aromatic carbocycles. The standard InChI is InChI=1S/C21H26N6OS/c1-2-16-22-19(26-25-16)14-11-27(9-10-28-14)20-17-13-5-3-4-6-15(13)29-21(17)24-18(23-20)12-7-8-12/h12,14H,2-11H2,1H3,(H,22,25,26). The van der Waals surface area contributed by atoms with Crippen LogP contribution in [-0.4, -0.2) is 44.8 Å². The summed E-state index contributed by atoms with van der Waals surface area (Å²) in [5.74, 6) is 4.38. The van der Waals surface area contributed by atoms with Crippen LogP contribution in [0.25, 0.3) is 10.2 Å². The van der Waals surface area contributed by atoms with Gasteiger partial charge in [-0.05, 0) is 44.1 Å². The fourth-order valence-electron chi connectivity index (χ4n) is 4.52. The Labute approximate surface area is 173 Å². The molecule has 1 N–H and O–H groups in total. The minimum Gasteiger partial charge on any atom is -0.366 e. The Bertz CT molecular complexity index is 1060. The predicted molar refractivity (Wildman–Crippen MR) is 113 cm³/mol. The molecule has 29 heavy (non-hydrogen) atoms. The number of aryl methyl sites for hydroxylation is 3. The summed E-state index contributed by atoms with van der Waals surface area (Å²) < 4.78 is 6.04. The molecule has 0 bridgehead atoms. The van der Waals surface area contributed by atoms with Crippen LogP contribution in [0.2, 0.25) is 0 Å². The number of H-pyrrole nitrogens is 1. The first-order chi connectivity index (χ1) is 14.3. The molecule has 0 amide bonds. The molecular formula is C21H26N6OS. The van der Waals surface area contributed by atoms with Gasteiger partial charge in [-0.3, -0.25) is 5.10 Å². The van der Waals surface area contributed by atoms with Crippen molar-refractivity contribution in [3.8, 4) is 0 Å². The number of anilines is 1. The minimum atomic E-state index is -0.121. The lowest BCUT2D eigenvalue weighted by atomic mass is 9.96. The van der Waals surface area contributed by atoms with Crippen molar-refractivity contribution < 1.29 is 4.74 Å². The number of morpholine rings is 1. The number of aromatic amines is 1. The van der Waals surface area contributed by atoms with E-state index in [1.54, 1.807) is 0 Å². The largest absolute Gasteiger partial charge is 0.366 e. The molecular weight excluding hydrogens is 384 g/mol. The van der Waals surface area contributed by atoms with Gasteiger partial charge in [-0.25, -0.2) is 15.0 Å². The third-order valence-electron chi connectivity index (χ3n) is 6.29. The number of fused-ring (bicyclic) bond motifs is 3. The first kappa shape index (κ1) is 17.8. The molecule has 1 aliphatic heterocycles. The van der Waals surface area contributed by atoms with E-state index < -0.39 is 0 Å². The van der Waals surface area contributed by atoms with E-state index in [1.807, 2.05) is 11.3 Å². The van der Waals surface area contributed by atoms with Gasteiger partial charge in [0.25, 0.3) is 0 Å². The van der Waals surface area contributed by atoms with Crippen molar-refractivity contribution in [1.29, 1.82) is 0 Å². The lowest BCUT2D eigenvalue weighted by Crippen LogP contribution is -2.39. The van der Waals surface area contributed by atoms with Gasteiger partial charge in [0.05, 0.1) is 18.5 Å². The van der Waals surface area contributed by atoms with E-state index in [-0.39, 0.29) is 6.10 Å². The third kappa shape index (κ3) is 3.13. The monoisotopic (exact) mass is 410 g/mol. The van der Waals surface area contributed by atoms with Crippen LogP contribution in [0.5, 0.6) is 0 Å². The summed E-state index contributed by atoms with van der Waals surface area (Å²) >= 11 is 1.90. The Morgan fingerprint density at radius 1 is 1.14 bits per heavy atom. The van der Waals surface area contributed by atoms with Crippen LogP contribution in [0.4, 0.5) is 5.82 Å². The quantitative estimate of drug-likeness (QED) is 0.706. The smallest absolute Gasteiger partial charge is 0.181 e. The fraction of sp³-hybridized carbons (Fsp3) is 0.619. The number of ether oxygens (including phenoxy) is 1. The van der Waals surface area contributed by atoms with E-state index in [0.717, 1.165) is 49.2 Å². The maximum Gasteiger partial charge on any atom is 0.181 e. The molecule has 7 nitrogen and oxygen atoms in total. The van der Waals surface area contributed by atoms with Gasteiger partial charge in [0.2, 0.25) is 0 Å². The average molecular weight is 411 g/mol. The van der Waals surface area contributed by atoms with Crippen LogP contribution < -0.4 is 4.90 Å². The number of hydrogen-bond donors (Lipinski definition) is 1. The van der Waals surface area contributed by atoms with Crippen LogP contribution >= 0.6 is 11.3 Å². The molecule has 2 aliphatic carbocycles. The summed E-state index contributed by atoms with van der Waals surface area (Å²) in [6.07, 6.45) is 8.08. The molecule has 8 heteroatoms. The lowest BCUT2D eigenvalue weighted by molar-refractivity contribution is 0.0340. The van der Waals surface area contributed by atoms with Crippen molar-refractivity contribution >= 4 is 27.4 Å². The van der Waals surface area contributed by atoms with Crippen molar-refractivity contribution in [3.05, 3.63) is 27.9 Å². The molecule has 1 saturated carbocycles. The summed E-state index contributed by atoms with van der Waals surface area (Å²) in [5, 5.41) is 8.73. The fourth-order valence-corrected chi connectivity index (χ4v) is 5.78. The first-order valence-electron chi connectivity index (χ1n) is 10.9. The molecule has 1 saturated heterocycles. The van der Waals surface area contributed by atoms with Crippen molar-refractivity contribution in [2.24, 2.45) is 0 Å². The number of thiophene rings is 1. The SMILES string of the molecule is CCc1nc(C2CN(c3nc(C4CC4)nc4sc5c(c34)CCCC5)CCO2)n[nH]1. The molecule has 3 aromatic rings. The lowest BCUT2D eigenvalue weighted by Gasteiger charge is -2.33. The highest BCUT2D eigenvalue weighted by atomic mass is 32.1. The topological polar surface area (TPSA) is 79.8 Å². The van der Waals surface area contributed by atoms with E-state index in [1.165, 1.54) is 52.8 Å². The Kier molecular flexibility index (Phi) is 4.30. The minimum absolute atomic E-state index is 0.121. The summed E-state index contributed by atoms with van der Waals surface area (Å²) in [6.45, 7) is 4.33. The third-order valence-corrected chi connectivity index (χ3v) is 7.48. The highest BCUT2D eigenvalue weighted by molar-refractivity contribution is 7.19. The second-order valence-electron chi connectivity index (χ2n) is 8.37. The van der Waals surface area contributed by atoms with Crippen LogP contribution in [0, 0.1) is 0 Å². The Morgan fingerprint density at radius 3 is 2.86 bits per heavy atom. The molecule has 152 valence electrons. The Hall–Kier alpha value is -2.06. The molecule has 0 spiro atoms. The molecule has 3 aromatic heterocycles. The normalized spacial score (nSPS) is 22.2. The van der Waals surface area contributed by atoms with Crippen molar-refractivity contribution in [2.45, 2.75) is 63.9 Å². The Morgan fingerprint density at radius 2 is 2.03 bits per heavy atom. The van der Waals surface area contributed by atoms with E-state index in [4.69, 9.17) is 14.7 Å². The summed E-state index contributed by atoms with van der Waals surface area (Å²) in [6, 6.07) is 0. The number of aromatic nitrogens is 5. The molecule has 1 unspecified atom stereocenters. The molecule has 1 atom stereocenters. The number of rotatable bonds is 4. The zero-order valence-electron chi connectivity index (χ0n) is 16.8. The van der Waals surface area contributed by atoms with Gasteiger partial charge in [-0.1, -0.05) is 6.92 Å². The summed E-state index contributed by atoms with van der Waals surface area (Å²) in [7, 11) is 0. The second kappa shape index (κ2) is 7.02. The molecule has 2 fully saturated rings. The maximum absolute atomic E-state index is 6.04. The van der Waals surface area contributed by atoms with Crippen LogP contribution in [0.1, 0.15) is 72.5 Å². The number of hydrogen-bond acceptors (Lipinski definition) is 7. The molecule has 4 heterocycles. The highest BCUT2D eigenvalue weighted by Gasteiger charge is 2.33. The van der Waals surface area contributed by atoms with Crippen LogP contribution in [0.15, 0.2) is 0 Å². The van der Waals surface area contributed by atoms with Crippen molar-refractivity contribution in [3.63, 3.8) is 0 Å². The van der Waals surface area contributed by atoms with Crippen molar-refractivity contribution in [2.75, 3.05) is 24.6 Å². The summed E-state index contributed by atoms with van der Waals surface area (Å²) in [5.41, 5.74) is 1.50. The van der Waals surface area contributed by atoms with Gasteiger partial charge < -0.3 is 9.64 Å². The zero-order chi connectivity index (χ0) is 19.4. The summed E-state index contributed by atoms with van der Waals surface area (Å²) in [4.78, 5) is 19.9. The second-order valence-corrected chi connectivity index (χ2v) is 9.45. The highest BCUT2D eigenvalue weighted by Crippen LogP contribution is 2.44. The molecule has 3 aliphatic rings. The Balaban J connectivity index is 1.41. The average Bonchev–Trinajstić information content (AvgIpc) is 3.38. The van der Waals surface area contributed by atoms with Gasteiger partial charge >= 0.3 is 0 Å². The van der Waals surface area contributed by atoms with Gasteiger partial charge in [-0.2, -0.15) is 5.10 Å². The maximum atomic E-state index is 6.04. The van der Waals surface area contributed by atoms with E-state index >= 15 is 0 Å². The number of nitrogens with zero attached hydrogens (tertiary/aromatic N) is 5. The first-order valence-corrected chi connectivity index (χ1v) is 11.7. The molecule has 6 rings (SSSR count). The zero-order valence-corrected chi connectivity index (χ0v) is 17.6. The van der Waals surface area contributed by atoms with Gasteiger partial charge in [0.15, 0.2) is 5.82 Å². The van der Waals surface area contributed by atoms with E-state index in [9.17, 15) is 0 Å². The van der Waals surface area contributed by atoms with E-state index in [2.05, 4.69) is 27.0 Å². The van der Waals surface area contributed by atoms with Crippen LogP contribution in [0.3, 0.4) is 0 Å². The van der Waals surface area contributed by atoms with Crippen molar-refractivity contribution in [1.82, 2.24) is 25.1 Å². The van der Waals surface area contributed by atoms with Gasteiger partial charge in [0.1, 0.15) is 28.4 Å². The van der Waals surface area contributed by atoms with Crippen LogP contribution in [-0.2, 0) is 24.0 Å². The number of nitrogens with one attached hydrogen (secondary N) is 1. The van der Waals surface area contributed by atoms with E-state index in [0.29, 0.717) is 12.5 Å². The van der Waals surface area contributed by atoms with Gasteiger partial charge in [0, 0.05) is 23.8 Å². The van der Waals surface area contributed by atoms with Gasteiger partial charge in [-0.15, -0.1) is 11.3 Å². The predicted octanol–water partition coefficient (Wildman–Crippen LogP) is 3.71.